The Kier molecular flexibility index (Phi) is 7.49. The Morgan fingerprint density at radius 3 is 2.74 bits per heavy atom. The molecular weight excluding hydrogens is 314 g/mol. The summed E-state index contributed by atoms with van der Waals surface area (Å²) in [4.78, 5) is 6.72. The monoisotopic (exact) mass is 339 g/mol. The van der Waals surface area contributed by atoms with Crippen molar-refractivity contribution in [2.45, 2.75) is 25.7 Å². The highest BCUT2D eigenvalue weighted by molar-refractivity contribution is 6.28. The Hall–Kier alpha value is -1.46. The van der Waals surface area contributed by atoms with E-state index in [4.69, 9.17) is 26.8 Å². The van der Waals surface area contributed by atoms with Gasteiger partial charge in [0.1, 0.15) is 5.84 Å². The number of ether oxygens (including phenoxy) is 2. The average molecular weight is 340 g/mol. The lowest BCUT2D eigenvalue weighted by molar-refractivity contribution is 0.203. The summed E-state index contributed by atoms with van der Waals surface area (Å²) in [6.45, 7) is 4.21. The van der Waals surface area contributed by atoms with Gasteiger partial charge in [0.2, 0.25) is 0 Å². The molecule has 0 saturated carbocycles. The molecule has 1 heterocycles. The van der Waals surface area contributed by atoms with Gasteiger partial charge in [0.15, 0.2) is 11.5 Å². The van der Waals surface area contributed by atoms with Crippen molar-refractivity contribution in [1.82, 2.24) is 4.90 Å². The van der Waals surface area contributed by atoms with E-state index in [1.54, 1.807) is 13.2 Å². The molecule has 6 heteroatoms. The van der Waals surface area contributed by atoms with Crippen LogP contribution in [-0.4, -0.2) is 50.0 Å². The minimum Gasteiger partial charge on any atom is -0.493 e. The van der Waals surface area contributed by atoms with Crippen molar-refractivity contribution in [2.24, 2.45) is 10.7 Å². The molecule has 23 heavy (non-hydrogen) atoms. The number of nitrogens with two attached hydrogens (primary N) is 1. The third-order valence-electron chi connectivity index (χ3n) is 3.88. The molecule has 128 valence electrons. The van der Waals surface area contributed by atoms with Crippen molar-refractivity contribution in [3.05, 3.63) is 18.2 Å². The lowest BCUT2D eigenvalue weighted by atomic mass is 10.1. The van der Waals surface area contributed by atoms with E-state index in [0.29, 0.717) is 23.9 Å². The maximum absolute atomic E-state index is 5.85. The minimum absolute atomic E-state index is 0.205. The Bertz CT molecular complexity index is 517. The van der Waals surface area contributed by atoms with Gasteiger partial charge in [0.05, 0.1) is 25.3 Å². The average Bonchev–Trinajstić information content (AvgIpc) is 2.60. The molecule has 1 saturated heterocycles. The van der Waals surface area contributed by atoms with Gasteiger partial charge in [-0.15, -0.1) is 11.6 Å². The Balaban J connectivity index is 1.84. The lowest BCUT2D eigenvalue weighted by Crippen LogP contribution is -2.31. The molecule has 2 N–H and O–H groups in total. The molecule has 0 amide bonds. The van der Waals surface area contributed by atoms with Gasteiger partial charge in [0, 0.05) is 12.6 Å². The molecule has 0 spiro atoms. The molecule has 0 atom stereocenters. The van der Waals surface area contributed by atoms with Crippen LogP contribution in [-0.2, 0) is 0 Å². The second kappa shape index (κ2) is 9.63. The fourth-order valence-electron chi connectivity index (χ4n) is 2.69. The number of amidine groups is 1. The lowest BCUT2D eigenvalue weighted by Gasteiger charge is -2.26. The summed E-state index contributed by atoms with van der Waals surface area (Å²) in [7, 11) is 1.62. The molecule has 0 aliphatic carbocycles. The number of benzene rings is 1. The number of hydrogen-bond acceptors (Lipinski definition) is 4. The predicted octanol–water partition coefficient (Wildman–Crippen LogP) is 3.18. The molecule has 5 nitrogen and oxygen atoms in total. The van der Waals surface area contributed by atoms with Crippen LogP contribution >= 0.6 is 11.6 Å². The van der Waals surface area contributed by atoms with Gasteiger partial charge in [-0.1, -0.05) is 6.42 Å². The highest BCUT2D eigenvalue weighted by atomic mass is 35.5. The molecule has 0 unspecified atom stereocenters. The molecular formula is C17H26ClN3O2. The van der Waals surface area contributed by atoms with Gasteiger partial charge >= 0.3 is 0 Å². The summed E-state index contributed by atoms with van der Waals surface area (Å²) >= 11 is 5.64. The fraction of sp³-hybridized carbons (Fsp3) is 0.588. The van der Waals surface area contributed by atoms with E-state index >= 15 is 0 Å². The highest BCUT2D eigenvalue weighted by Gasteiger charge is 2.10. The van der Waals surface area contributed by atoms with Crippen LogP contribution in [0.1, 0.15) is 25.7 Å². The van der Waals surface area contributed by atoms with E-state index in [2.05, 4.69) is 9.89 Å². The van der Waals surface area contributed by atoms with Crippen LogP contribution in [0.15, 0.2) is 23.2 Å². The largest absolute Gasteiger partial charge is 0.493 e. The Morgan fingerprint density at radius 2 is 2.04 bits per heavy atom. The number of rotatable bonds is 8. The predicted molar refractivity (Wildman–Crippen MR) is 95.4 cm³/mol. The standard InChI is InChI=1S/C17H26ClN3O2/c1-22-16-12-14(20-17(19)13-18)6-7-15(16)23-11-5-10-21-8-3-2-4-9-21/h6-7,12H,2-5,8-11,13H2,1H3,(H2,19,20). The number of nitrogens with zero attached hydrogens (tertiary/aromatic N) is 2. The summed E-state index contributed by atoms with van der Waals surface area (Å²) in [6, 6.07) is 5.52. The minimum atomic E-state index is 0.205. The fourth-order valence-corrected chi connectivity index (χ4v) is 2.75. The highest BCUT2D eigenvalue weighted by Crippen LogP contribution is 2.31. The summed E-state index contributed by atoms with van der Waals surface area (Å²) in [5.41, 5.74) is 6.35. The SMILES string of the molecule is COc1cc(N=C(N)CCl)ccc1OCCCN1CCCCC1. The molecule has 0 bridgehead atoms. The van der Waals surface area contributed by atoms with Crippen LogP contribution in [0.2, 0.25) is 0 Å². The Morgan fingerprint density at radius 1 is 1.26 bits per heavy atom. The maximum Gasteiger partial charge on any atom is 0.162 e. The maximum atomic E-state index is 5.85. The zero-order valence-corrected chi connectivity index (χ0v) is 14.5. The molecule has 1 aromatic rings. The van der Waals surface area contributed by atoms with E-state index in [1.807, 2.05) is 12.1 Å². The van der Waals surface area contributed by atoms with Crippen LogP contribution in [0.5, 0.6) is 11.5 Å². The molecule has 1 aromatic carbocycles. The number of methoxy groups -OCH3 is 1. The van der Waals surface area contributed by atoms with E-state index in [9.17, 15) is 0 Å². The van der Waals surface area contributed by atoms with Gasteiger partial charge < -0.3 is 20.1 Å². The van der Waals surface area contributed by atoms with Gasteiger partial charge in [-0.3, -0.25) is 0 Å². The number of likely N-dealkylation sites (tertiary alicyclic amines) is 1. The van der Waals surface area contributed by atoms with Crippen LogP contribution in [0.3, 0.4) is 0 Å². The smallest absolute Gasteiger partial charge is 0.162 e. The van der Waals surface area contributed by atoms with Gasteiger partial charge in [-0.25, -0.2) is 4.99 Å². The molecule has 0 aromatic heterocycles. The summed E-state index contributed by atoms with van der Waals surface area (Å²) in [5.74, 6) is 1.97. The van der Waals surface area contributed by atoms with Crippen LogP contribution < -0.4 is 15.2 Å². The quantitative estimate of drug-likeness (QED) is 0.342. The number of piperidine rings is 1. The zero-order valence-electron chi connectivity index (χ0n) is 13.8. The topological polar surface area (TPSA) is 60.1 Å². The zero-order chi connectivity index (χ0) is 16.5. The first-order chi connectivity index (χ1) is 11.2. The van der Waals surface area contributed by atoms with Gasteiger partial charge in [-0.2, -0.15) is 0 Å². The molecule has 1 fully saturated rings. The second-order valence-electron chi connectivity index (χ2n) is 5.68. The summed E-state index contributed by atoms with van der Waals surface area (Å²) in [6.07, 6.45) is 5.03. The van der Waals surface area contributed by atoms with E-state index in [0.717, 1.165) is 18.7 Å². The van der Waals surface area contributed by atoms with E-state index in [1.165, 1.54) is 32.4 Å². The third-order valence-corrected chi connectivity index (χ3v) is 4.16. The number of halogens is 1. The van der Waals surface area contributed by atoms with Crippen molar-refractivity contribution in [3.8, 4) is 11.5 Å². The van der Waals surface area contributed by atoms with Crippen LogP contribution in [0, 0.1) is 0 Å². The molecule has 1 aliphatic heterocycles. The molecule has 1 aliphatic rings. The van der Waals surface area contributed by atoms with Crippen molar-refractivity contribution in [2.75, 3.05) is 39.2 Å². The number of aliphatic imine (C=N–C) groups is 1. The van der Waals surface area contributed by atoms with E-state index < -0.39 is 0 Å². The first-order valence-corrected chi connectivity index (χ1v) is 8.68. The van der Waals surface area contributed by atoms with Gasteiger partial charge in [0.25, 0.3) is 0 Å². The van der Waals surface area contributed by atoms with Gasteiger partial charge in [-0.05, 0) is 44.5 Å². The first-order valence-electron chi connectivity index (χ1n) is 8.15. The van der Waals surface area contributed by atoms with Crippen molar-refractivity contribution in [3.63, 3.8) is 0 Å². The summed E-state index contributed by atoms with van der Waals surface area (Å²) < 4.78 is 11.2. The van der Waals surface area contributed by atoms with Crippen LogP contribution in [0.4, 0.5) is 5.69 Å². The molecule has 0 radical (unpaired) electrons. The number of alkyl halides is 1. The first kappa shape index (κ1) is 17.9. The van der Waals surface area contributed by atoms with Crippen molar-refractivity contribution < 1.29 is 9.47 Å². The van der Waals surface area contributed by atoms with E-state index in [-0.39, 0.29) is 5.88 Å². The molecule has 2 rings (SSSR count). The normalized spacial score (nSPS) is 16.3. The number of hydrogen-bond donors (Lipinski definition) is 1. The summed E-state index contributed by atoms with van der Waals surface area (Å²) in [5, 5.41) is 0. The Labute approximate surface area is 143 Å². The third kappa shape index (κ3) is 5.92. The van der Waals surface area contributed by atoms with Crippen LogP contribution in [0.25, 0.3) is 0 Å². The van der Waals surface area contributed by atoms with Crippen molar-refractivity contribution in [1.29, 1.82) is 0 Å². The van der Waals surface area contributed by atoms with Crippen molar-refractivity contribution >= 4 is 23.1 Å². The second-order valence-corrected chi connectivity index (χ2v) is 5.94.